The zero-order valence-electron chi connectivity index (χ0n) is 19.1. The molecule has 2 aromatic heterocycles. The Kier molecular flexibility index (Phi) is 7.50. The van der Waals surface area contributed by atoms with Crippen molar-refractivity contribution in [2.45, 2.75) is 6.92 Å². The summed E-state index contributed by atoms with van der Waals surface area (Å²) in [6, 6.07) is 12.4. The van der Waals surface area contributed by atoms with Gasteiger partial charge in [-0.2, -0.15) is 4.68 Å². The number of amides is 2. The van der Waals surface area contributed by atoms with E-state index in [1.54, 1.807) is 31.2 Å². The van der Waals surface area contributed by atoms with Gasteiger partial charge in [0, 0.05) is 37.8 Å². The standard InChI is InChI=1S/C23H24N6O6/c1-2-33-23(32)28-12-10-27(11-13-28)20(30)16-35-22(31)19(15-18-9-6-14-34-18)29-21(24-25-26-29)17-7-4-3-5-8-17/h3-9,14-15H,2,10-13,16H2,1H3/b19-15-. The van der Waals surface area contributed by atoms with Crippen LogP contribution in [0.4, 0.5) is 4.79 Å². The number of esters is 1. The molecule has 3 heterocycles. The molecule has 1 aliphatic rings. The minimum Gasteiger partial charge on any atom is -0.465 e. The molecule has 0 unspecified atom stereocenters. The quantitative estimate of drug-likeness (QED) is 0.366. The van der Waals surface area contributed by atoms with Crippen molar-refractivity contribution in [2.75, 3.05) is 39.4 Å². The summed E-state index contributed by atoms with van der Waals surface area (Å²) in [6.45, 7) is 2.86. The molecule has 12 heteroatoms. The van der Waals surface area contributed by atoms with Crippen molar-refractivity contribution < 1.29 is 28.3 Å². The zero-order chi connectivity index (χ0) is 24.6. The maximum Gasteiger partial charge on any atom is 0.409 e. The first-order chi connectivity index (χ1) is 17.1. The first kappa shape index (κ1) is 23.7. The van der Waals surface area contributed by atoms with Crippen LogP contribution in [-0.4, -0.2) is 87.4 Å². The molecular formula is C23H24N6O6. The Labute approximate surface area is 200 Å². The fourth-order valence-corrected chi connectivity index (χ4v) is 3.48. The number of carbonyl (C=O) groups is 3. The third-order valence-electron chi connectivity index (χ3n) is 5.25. The van der Waals surface area contributed by atoms with Gasteiger partial charge >= 0.3 is 12.1 Å². The fourth-order valence-electron chi connectivity index (χ4n) is 3.48. The number of hydrogen-bond donors (Lipinski definition) is 0. The molecule has 1 aromatic carbocycles. The third kappa shape index (κ3) is 5.72. The summed E-state index contributed by atoms with van der Waals surface area (Å²) >= 11 is 0. The number of aromatic nitrogens is 4. The highest BCUT2D eigenvalue weighted by Crippen LogP contribution is 2.21. The lowest BCUT2D eigenvalue weighted by Crippen LogP contribution is -2.51. The van der Waals surface area contributed by atoms with Crippen molar-refractivity contribution in [1.29, 1.82) is 0 Å². The number of nitrogens with zero attached hydrogens (tertiary/aromatic N) is 6. The Morgan fingerprint density at radius 2 is 1.74 bits per heavy atom. The molecule has 0 atom stereocenters. The Bertz CT molecular complexity index is 1180. The Morgan fingerprint density at radius 3 is 2.43 bits per heavy atom. The van der Waals surface area contributed by atoms with Gasteiger partial charge in [0.15, 0.2) is 18.1 Å². The SMILES string of the molecule is CCOC(=O)N1CCN(C(=O)COC(=O)/C(=C/c2ccco2)n2nnnc2-c2ccccc2)CC1. The van der Waals surface area contributed by atoms with E-state index in [0.717, 1.165) is 0 Å². The van der Waals surface area contributed by atoms with Crippen LogP contribution in [-0.2, 0) is 19.1 Å². The van der Waals surface area contributed by atoms with Crippen LogP contribution < -0.4 is 0 Å². The van der Waals surface area contributed by atoms with Crippen LogP contribution in [0.5, 0.6) is 0 Å². The van der Waals surface area contributed by atoms with Crippen molar-refractivity contribution in [3.8, 4) is 11.4 Å². The number of hydrogen-bond acceptors (Lipinski definition) is 9. The van der Waals surface area contributed by atoms with Crippen molar-refractivity contribution in [3.63, 3.8) is 0 Å². The van der Waals surface area contributed by atoms with E-state index in [1.807, 2.05) is 18.2 Å². The summed E-state index contributed by atoms with van der Waals surface area (Å²) in [5, 5.41) is 11.7. The van der Waals surface area contributed by atoms with Crippen LogP contribution in [0, 0.1) is 0 Å². The summed E-state index contributed by atoms with van der Waals surface area (Å²) in [5.41, 5.74) is 0.662. The molecule has 1 saturated heterocycles. The zero-order valence-corrected chi connectivity index (χ0v) is 19.1. The molecule has 4 rings (SSSR count). The summed E-state index contributed by atoms with van der Waals surface area (Å²) < 4.78 is 16.9. The highest BCUT2D eigenvalue weighted by Gasteiger charge is 2.27. The van der Waals surface area contributed by atoms with Gasteiger partial charge in [0.1, 0.15) is 5.76 Å². The number of rotatable bonds is 7. The second kappa shape index (κ2) is 11.1. The van der Waals surface area contributed by atoms with E-state index in [-0.39, 0.29) is 18.2 Å². The largest absolute Gasteiger partial charge is 0.465 e. The monoisotopic (exact) mass is 480 g/mol. The lowest BCUT2D eigenvalue weighted by Gasteiger charge is -2.33. The van der Waals surface area contributed by atoms with Crippen LogP contribution in [0.2, 0.25) is 0 Å². The first-order valence-corrected chi connectivity index (χ1v) is 11.0. The van der Waals surface area contributed by atoms with Gasteiger partial charge in [-0.15, -0.1) is 5.10 Å². The molecule has 0 radical (unpaired) electrons. The number of tetrazole rings is 1. The molecule has 0 N–H and O–H groups in total. The van der Waals surface area contributed by atoms with Gasteiger partial charge in [-0.25, -0.2) is 9.59 Å². The predicted molar refractivity (Wildman–Crippen MR) is 122 cm³/mol. The fraction of sp³-hybridized carbons (Fsp3) is 0.304. The smallest absolute Gasteiger partial charge is 0.409 e. The average Bonchev–Trinajstić information content (AvgIpc) is 3.59. The molecule has 0 saturated carbocycles. The molecule has 0 bridgehead atoms. The number of benzene rings is 1. The van der Waals surface area contributed by atoms with E-state index >= 15 is 0 Å². The Balaban J connectivity index is 1.45. The molecule has 0 aliphatic carbocycles. The van der Waals surface area contributed by atoms with Crippen molar-refractivity contribution >= 4 is 29.7 Å². The van der Waals surface area contributed by atoms with Gasteiger partial charge in [-0.1, -0.05) is 30.3 Å². The second-order valence-corrected chi connectivity index (χ2v) is 7.47. The summed E-state index contributed by atoms with van der Waals surface area (Å²) in [5.74, 6) is -0.474. The van der Waals surface area contributed by atoms with Gasteiger partial charge < -0.3 is 23.7 Å². The number of furan rings is 1. The minimum absolute atomic E-state index is 0.0243. The molecule has 12 nitrogen and oxygen atoms in total. The molecule has 1 fully saturated rings. The summed E-state index contributed by atoms with van der Waals surface area (Å²) in [6.07, 6.45) is 2.49. The summed E-state index contributed by atoms with van der Waals surface area (Å²) in [4.78, 5) is 40.6. The van der Waals surface area contributed by atoms with Crippen molar-refractivity contribution in [2.24, 2.45) is 0 Å². The summed E-state index contributed by atoms with van der Waals surface area (Å²) in [7, 11) is 0. The van der Waals surface area contributed by atoms with Crippen LogP contribution in [0.15, 0.2) is 53.1 Å². The topological polar surface area (TPSA) is 133 Å². The first-order valence-electron chi connectivity index (χ1n) is 11.0. The van der Waals surface area contributed by atoms with Crippen LogP contribution >= 0.6 is 0 Å². The van der Waals surface area contributed by atoms with E-state index in [2.05, 4.69) is 15.5 Å². The van der Waals surface area contributed by atoms with Gasteiger partial charge in [0.25, 0.3) is 5.91 Å². The van der Waals surface area contributed by atoms with Gasteiger partial charge in [-0.05, 0) is 29.5 Å². The van der Waals surface area contributed by atoms with E-state index in [9.17, 15) is 14.4 Å². The molecule has 35 heavy (non-hydrogen) atoms. The minimum atomic E-state index is -0.801. The van der Waals surface area contributed by atoms with E-state index in [4.69, 9.17) is 13.9 Å². The van der Waals surface area contributed by atoms with E-state index in [1.165, 1.54) is 26.8 Å². The molecule has 1 aliphatic heterocycles. The van der Waals surface area contributed by atoms with Crippen LogP contribution in [0.1, 0.15) is 12.7 Å². The van der Waals surface area contributed by atoms with Gasteiger partial charge in [0.05, 0.1) is 12.9 Å². The average molecular weight is 480 g/mol. The number of piperazine rings is 1. The van der Waals surface area contributed by atoms with Crippen molar-refractivity contribution in [1.82, 2.24) is 30.0 Å². The Morgan fingerprint density at radius 1 is 1.00 bits per heavy atom. The molecule has 2 amide bonds. The highest BCUT2D eigenvalue weighted by molar-refractivity contribution is 6.15. The second-order valence-electron chi connectivity index (χ2n) is 7.47. The molecule has 3 aromatic rings. The maximum absolute atomic E-state index is 13.1. The molecular weight excluding hydrogens is 456 g/mol. The van der Waals surface area contributed by atoms with E-state index < -0.39 is 18.7 Å². The van der Waals surface area contributed by atoms with Gasteiger partial charge in [0.2, 0.25) is 0 Å². The molecule has 182 valence electrons. The van der Waals surface area contributed by atoms with E-state index in [0.29, 0.717) is 43.3 Å². The van der Waals surface area contributed by atoms with Gasteiger partial charge in [-0.3, -0.25) is 4.79 Å². The normalized spacial score (nSPS) is 14.0. The lowest BCUT2D eigenvalue weighted by atomic mass is 10.2. The Hall–Kier alpha value is -4.48. The predicted octanol–water partition coefficient (Wildman–Crippen LogP) is 1.78. The highest BCUT2D eigenvalue weighted by atomic mass is 16.6. The van der Waals surface area contributed by atoms with Crippen LogP contribution in [0.25, 0.3) is 23.2 Å². The maximum atomic E-state index is 13.1. The third-order valence-corrected chi connectivity index (χ3v) is 5.25. The van der Waals surface area contributed by atoms with Crippen LogP contribution in [0.3, 0.4) is 0 Å². The molecule has 0 spiro atoms. The lowest BCUT2D eigenvalue weighted by molar-refractivity contribution is -0.148. The number of carbonyl (C=O) groups excluding carboxylic acids is 3. The van der Waals surface area contributed by atoms with Crippen molar-refractivity contribution in [3.05, 3.63) is 54.5 Å². The number of ether oxygens (including phenoxy) is 2.